The van der Waals surface area contributed by atoms with Gasteiger partial charge in [-0.15, -0.1) is 0 Å². The molecule has 29 heavy (non-hydrogen) atoms. The third kappa shape index (κ3) is 4.78. The van der Waals surface area contributed by atoms with Crippen LogP contribution in [0.15, 0.2) is 42.5 Å². The van der Waals surface area contributed by atoms with Crippen LogP contribution in [0, 0.1) is 0 Å². The fraction of sp³-hybridized carbons (Fsp3) is 0.238. The number of benzene rings is 2. The fourth-order valence-corrected chi connectivity index (χ4v) is 2.82. The van der Waals surface area contributed by atoms with Crippen LogP contribution < -0.4 is 24.3 Å². The molecule has 2 aliphatic heterocycles. The van der Waals surface area contributed by atoms with Crippen LogP contribution in [-0.2, 0) is 20.9 Å². The standard InChI is InChI=1S/C21H19NO7/c23-20(22-11-15-2-5-17-19(10-15)29-13-28-17)12-27-21(24)6-3-14-1-4-16-18(9-14)26-8-7-25-16/h1-6,9-10H,7-8,11-13H2,(H,22,23)/b6-3+. The molecule has 0 aliphatic carbocycles. The summed E-state index contributed by atoms with van der Waals surface area (Å²) in [7, 11) is 0. The second-order valence-corrected chi connectivity index (χ2v) is 6.31. The zero-order valence-electron chi connectivity index (χ0n) is 15.5. The van der Waals surface area contributed by atoms with Crippen LogP contribution in [0.5, 0.6) is 23.0 Å². The number of carbonyl (C=O) groups excluding carboxylic acids is 2. The Morgan fingerprint density at radius 2 is 1.66 bits per heavy atom. The van der Waals surface area contributed by atoms with Gasteiger partial charge >= 0.3 is 5.97 Å². The molecule has 0 aromatic heterocycles. The number of ether oxygens (including phenoxy) is 5. The van der Waals surface area contributed by atoms with E-state index in [4.69, 9.17) is 23.7 Å². The van der Waals surface area contributed by atoms with Gasteiger partial charge in [0.2, 0.25) is 6.79 Å². The number of esters is 1. The minimum atomic E-state index is -0.613. The highest BCUT2D eigenvalue weighted by atomic mass is 16.7. The molecule has 4 rings (SSSR count). The van der Waals surface area contributed by atoms with Crippen LogP contribution in [-0.4, -0.2) is 38.5 Å². The Balaban J connectivity index is 1.22. The van der Waals surface area contributed by atoms with Crippen molar-refractivity contribution in [1.29, 1.82) is 0 Å². The molecule has 0 radical (unpaired) electrons. The Hall–Kier alpha value is -3.68. The molecule has 0 bridgehead atoms. The molecule has 0 atom stereocenters. The van der Waals surface area contributed by atoms with Gasteiger partial charge in [0, 0.05) is 12.6 Å². The molecule has 1 N–H and O–H groups in total. The molecule has 8 nitrogen and oxygen atoms in total. The first-order valence-corrected chi connectivity index (χ1v) is 9.07. The van der Waals surface area contributed by atoms with Gasteiger partial charge in [0.1, 0.15) is 13.2 Å². The van der Waals surface area contributed by atoms with Gasteiger partial charge < -0.3 is 29.0 Å². The summed E-state index contributed by atoms with van der Waals surface area (Å²) in [5.74, 6) is 1.62. The first-order valence-electron chi connectivity index (χ1n) is 9.07. The highest BCUT2D eigenvalue weighted by molar-refractivity contribution is 5.89. The van der Waals surface area contributed by atoms with Crippen molar-refractivity contribution >= 4 is 18.0 Å². The second-order valence-electron chi connectivity index (χ2n) is 6.31. The van der Waals surface area contributed by atoms with E-state index in [1.54, 1.807) is 36.4 Å². The van der Waals surface area contributed by atoms with Crippen LogP contribution in [0.3, 0.4) is 0 Å². The zero-order valence-corrected chi connectivity index (χ0v) is 15.5. The Kier molecular flexibility index (Phi) is 5.51. The van der Waals surface area contributed by atoms with E-state index in [9.17, 15) is 9.59 Å². The average molecular weight is 397 g/mol. The van der Waals surface area contributed by atoms with E-state index in [1.165, 1.54) is 6.08 Å². The second kappa shape index (κ2) is 8.55. The molecule has 0 fully saturated rings. The number of fused-ring (bicyclic) bond motifs is 2. The maximum absolute atomic E-state index is 11.9. The maximum atomic E-state index is 11.9. The fourth-order valence-electron chi connectivity index (χ4n) is 2.82. The largest absolute Gasteiger partial charge is 0.486 e. The quantitative estimate of drug-likeness (QED) is 0.589. The van der Waals surface area contributed by atoms with Gasteiger partial charge in [-0.25, -0.2) is 4.79 Å². The molecule has 0 saturated carbocycles. The molecule has 0 saturated heterocycles. The van der Waals surface area contributed by atoms with Gasteiger partial charge in [-0.3, -0.25) is 4.79 Å². The number of hydrogen-bond acceptors (Lipinski definition) is 7. The van der Waals surface area contributed by atoms with Crippen molar-refractivity contribution < 1.29 is 33.3 Å². The lowest BCUT2D eigenvalue weighted by molar-refractivity contribution is -0.143. The Labute approximate surface area is 167 Å². The molecule has 2 aliphatic rings. The molecular weight excluding hydrogens is 378 g/mol. The van der Waals surface area contributed by atoms with Crippen molar-refractivity contribution in [2.24, 2.45) is 0 Å². The first-order chi connectivity index (χ1) is 14.2. The van der Waals surface area contributed by atoms with E-state index < -0.39 is 11.9 Å². The minimum absolute atomic E-state index is 0.195. The van der Waals surface area contributed by atoms with E-state index in [-0.39, 0.29) is 13.4 Å². The van der Waals surface area contributed by atoms with E-state index in [2.05, 4.69) is 5.32 Å². The molecule has 2 aromatic rings. The average Bonchev–Trinajstić information content (AvgIpc) is 3.22. The van der Waals surface area contributed by atoms with Crippen LogP contribution in [0.1, 0.15) is 11.1 Å². The van der Waals surface area contributed by atoms with Crippen LogP contribution in [0.2, 0.25) is 0 Å². The molecule has 2 aromatic carbocycles. The van der Waals surface area contributed by atoms with Crippen molar-refractivity contribution in [3.05, 3.63) is 53.6 Å². The van der Waals surface area contributed by atoms with Crippen LogP contribution in [0.25, 0.3) is 6.08 Å². The minimum Gasteiger partial charge on any atom is -0.486 e. The molecule has 1 amide bonds. The predicted octanol–water partition coefficient (Wildman–Crippen LogP) is 2.06. The molecule has 150 valence electrons. The predicted molar refractivity (Wildman–Crippen MR) is 102 cm³/mol. The highest BCUT2D eigenvalue weighted by Gasteiger charge is 2.14. The number of amides is 1. The Morgan fingerprint density at radius 3 is 2.55 bits per heavy atom. The molecule has 0 spiro atoms. The number of carbonyl (C=O) groups is 2. The topological polar surface area (TPSA) is 92.3 Å². The third-order valence-corrected chi connectivity index (χ3v) is 4.25. The number of rotatable bonds is 6. The smallest absolute Gasteiger partial charge is 0.331 e. The summed E-state index contributed by atoms with van der Waals surface area (Å²) in [4.78, 5) is 23.7. The Bertz CT molecular complexity index is 954. The van der Waals surface area contributed by atoms with Crippen molar-refractivity contribution in [1.82, 2.24) is 5.32 Å². The van der Waals surface area contributed by atoms with Gasteiger partial charge in [0.05, 0.1) is 0 Å². The SMILES string of the molecule is O=C(COC(=O)/C=C/c1ccc2c(c1)OCCO2)NCc1ccc2c(c1)OCO2. The molecule has 2 heterocycles. The maximum Gasteiger partial charge on any atom is 0.331 e. The molecule has 0 unspecified atom stereocenters. The van der Waals surface area contributed by atoms with E-state index in [0.717, 1.165) is 11.1 Å². The summed E-state index contributed by atoms with van der Waals surface area (Å²) < 4.78 is 26.4. The van der Waals surface area contributed by atoms with E-state index >= 15 is 0 Å². The summed E-state index contributed by atoms with van der Waals surface area (Å²) in [6.45, 7) is 1.13. The number of nitrogens with one attached hydrogen (secondary N) is 1. The van der Waals surface area contributed by atoms with Gasteiger partial charge in [0.25, 0.3) is 5.91 Å². The normalized spacial score (nSPS) is 13.9. The third-order valence-electron chi connectivity index (χ3n) is 4.25. The van der Waals surface area contributed by atoms with Crippen molar-refractivity contribution in [3.63, 3.8) is 0 Å². The highest BCUT2D eigenvalue weighted by Crippen LogP contribution is 2.32. The van der Waals surface area contributed by atoms with Crippen molar-refractivity contribution in [2.75, 3.05) is 26.6 Å². The summed E-state index contributed by atoms with van der Waals surface area (Å²) in [6, 6.07) is 10.8. The van der Waals surface area contributed by atoms with Crippen molar-refractivity contribution in [3.8, 4) is 23.0 Å². The number of hydrogen-bond donors (Lipinski definition) is 1. The zero-order chi connectivity index (χ0) is 20.1. The lowest BCUT2D eigenvalue weighted by Gasteiger charge is -2.18. The van der Waals surface area contributed by atoms with E-state index in [0.29, 0.717) is 42.8 Å². The lowest BCUT2D eigenvalue weighted by Crippen LogP contribution is -2.28. The van der Waals surface area contributed by atoms with Gasteiger partial charge in [-0.2, -0.15) is 0 Å². The van der Waals surface area contributed by atoms with Gasteiger partial charge in [-0.05, 0) is 41.5 Å². The first kappa shape index (κ1) is 18.7. The van der Waals surface area contributed by atoms with Crippen LogP contribution in [0.4, 0.5) is 0 Å². The summed E-state index contributed by atoms with van der Waals surface area (Å²) in [6.07, 6.45) is 2.85. The summed E-state index contributed by atoms with van der Waals surface area (Å²) >= 11 is 0. The van der Waals surface area contributed by atoms with Gasteiger partial charge in [-0.1, -0.05) is 12.1 Å². The van der Waals surface area contributed by atoms with Gasteiger partial charge in [0.15, 0.2) is 29.6 Å². The Morgan fingerprint density at radius 1 is 0.931 bits per heavy atom. The summed E-state index contributed by atoms with van der Waals surface area (Å²) in [5.41, 5.74) is 1.62. The van der Waals surface area contributed by atoms with E-state index in [1.807, 2.05) is 6.07 Å². The van der Waals surface area contributed by atoms with Crippen molar-refractivity contribution in [2.45, 2.75) is 6.54 Å². The van der Waals surface area contributed by atoms with Crippen LogP contribution >= 0.6 is 0 Å². The molecule has 8 heteroatoms. The monoisotopic (exact) mass is 397 g/mol. The molecular formula is C21H19NO7. The lowest BCUT2D eigenvalue weighted by atomic mass is 10.2. The summed E-state index contributed by atoms with van der Waals surface area (Å²) in [5, 5.41) is 2.69.